The minimum atomic E-state index is -4.13. The molecule has 1 aliphatic carbocycles. The summed E-state index contributed by atoms with van der Waals surface area (Å²) in [7, 11) is -2.70. The zero-order chi connectivity index (χ0) is 18.7. The maximum absolute atomic E-state index is 12.7. The summed E-state index contributed by atoms with van der Waals surface area (Å²) in [6, 6.07) is 4.38. The summed E-state index contributed by atoms with van der Waals surface area (Å²) in [5.41, 5.74) is 5.37. The molecule has 3 N–H and O–H groups in total. The highest BCUT2D eigenvalue weighted by Crippen LogP contribution is 2.31. The fourth-order valence-electron chi connectivity index (χ4n) is 3.11. The minimum Gasteiger partial charge on any atom is -0.397 e. The zero-order valence-corrected chi connectivity index (χ0v) is 15.3. The van der Waals surface area contributed by atoms with Gasteiger partial charge in [-0.2, -0.15) is 5.26 Å². The number of nitrogens with two attached hydrogens (primary N) is 1. The quantitative estimate of drug-likeness (QED) is 0.621. The van der Waals surface area contributed by atoms with Crippen molar-refractivity contribution in [3.63, 3.8) is 0 Å². The molecule has 1 aliphatic rings. The molecule has 0 aliphatic heterocycles. The largest absolute Gasteiger partial charge is 0.397 e. The molecule has 1 saturated carbocycles. The number of carbonyl (C=O) groups excluding carboxylic acids is 1. The number of sulfonamides is 1. The molecule has 1 amide bonds. The van der Waals surface area contributed by atoms with E-state index in [2.05, 4.69) is 4.72 Å². The normalized spacial score (nSPS) is 17.3. The molecule has 0 bridgehead atoms. The summed E-state index contributed by atoms with van der Waals surface area (Å²) < 4.78 is 32.8. The number of nitrogens with zero attached hydrogens (tertiary/aromatic N) is 1. The number of rotatable bonds is 4. The van der Waals surface area contributed by atoms with Gasteiger partial charge >= 0.3 is 0 Å². The Kier molecular flexibility index (Phi) is 5.70. The third-order valence-electron chi connectivity index (χ3n) is 4.73. The average Bonchev–Trinajstić information content (AvgIpc) is 2.83. The van der Waals surface area contributed by atoms with E-state index in [1.54, 1.807) is 6.92 Å². The second-order valence-corrected chi connectivity index (χ2v) is 8.04. The molecule has 1 aromatic carbocycles. The zero-order valence-electron chi connectivity index (χ0n) is 14.5. The third kappa shape index (κ3) is 3.94. The lowest BCUT2D eigenvalue weighted by molar-refractivity contribution is -0.143. The van der Waals surface area contributed by atoms with Crippen LogP contribution in [0.15, 0.2) is 17.0 Å². The lowest BCUT2D eigenvalue weighted by atomic mass is 9.93. The highest BCUT2D eigenvalue weighted by Gasteiger charge is 2.40. The van der Waals surface area contributed by atoms with Crippen molar-refractivity contribution < 1.29 is 17.9 Å². The molecule has 7 nitrogen and oxygen atoms in total. The molecule has 0 heterocycles. The maximum Gasteiger partial charge on any atom is 0.265 e. The molecule has 0 radical (unpaired) electrons. The Bertz CT molecular complexity index is 804. The Morgan fingerprint density at radius 3 is 2.40 bits per heavy atom. The van der Waals surface area contributed by atoms with Crippen molar-refractivity contribution in [3.05, 3.63) is 23.3 Å². The number of nitrogens with one attached hydrogen (secondary N) is 1. The van der Waals surface area contributed by atoms with Crippen molar-refractivity contribution in [3.8, 4) is 6.07 Å². The molecule has 2 rings (SSSR count). The smallest absolute Gasteiger partial charge is 0.265 e. The van der Waals surface area contributed by atoms with E-state index in [-0.39, 0.29) is 16.1 Å². The maximum atomic E-state index is 12.7. The Balaban J connectivity index is 2.33. The summed E-state index contributed by atoms with van der Waals surface area (Å²) in [4.78, 5) is 12.5. The monoisotopic (exact) mass is 365 g/mol. The van der Waals surface area contributed by atoms with E-state index in [0.717, 1.165) is 25.7 Å². The molecule has 0 saturated heterocycles. The molecule has 8 heteroatoms. The Morgan fingerprint density at radius 1 is 1.28 bits per heavy atom. The lowest BCUT2D eigenvalue weighted by Crippen LogP contribution is -2.49. The van der Waals surface area contributed by atoms with Crippen LogP contribution in [0.5, 0.6) is 0 Å². The van der Waals surface area contributed by atoms with E-state index in [9.17, 15) is 13.2 Å². The number of nitriles is 1. The summed E-state index contributed by atoms with van der Waals surface area (Å²) in [6.45, 7) is 1.61. The average molecular weight is 365 g/mol. The van der Waals surface area contributed by atoms with Crippen LogP contribution in [0.4, 0.5) is 5.69 Å². The van der Waals surface area contributed by atoms with Crippen molar-refractivity contribution in [2.75, 3.05) is 12.8 Å². The molecule has 0 atom stereocenters. The van der Waals surface area contributed by atoms with Crippen LogP contribution in [-0.2, 0) is 19.6 Å². The van der Waals surface area contributed by atoms with E-state index in [1.807, 2.05) is 6.07 Å². The van der Waals surface area contributed by atoms with Gasteiger partial charge in [-0.15, -0.1) is 0 Å². The van der Waals surface area contributed by atoms with Gasteiger partial charge in [0.05, 0.1) is 16.1 Å². The van der Waals surface area contributed by atoms with Crippen molar-refractivity contribution in [2.45, 2.75) is 55.9 Å². The van der Waals surface area contributed by atoms with E-state index < -0.39 is 21.5 Å². The number of anilines is 1. The fourth-order valence-corrected chi connectivity index (χ4v) is 4.26. The topological polar surface area (TPSA) is 122 Å². The number of carbonyl (C=O) groups is 1. The predicted octanol–water partition coefficient (Wildman–Crippen LogP) is 1.99. The van der Waals surface area contributed by atoms with Crippen LogP contribution < -0.4 is 10.5 Å². The first kappa shape index (κ1) is 19.2. The van der Waals surface area contributed by atoms with Crippen molar-refractivity contribution in [2.24, 2.45) is 0 Å². The van der Waals surface area contributed by atoms with Gasteiger partial charge in [-0.1, -0.05) is 25.7 Å². The van der Waals surface area contributed by atoms with Crippen LogP contribution in [0.3, 0.4) is 0 Å². The number of methoxy groups -OCH3 is 1. The summed E-state index contributed by atoms with van der Waals surface area (Å²) in [6.07, 6.45) is 4.56. The standard InChI is InChI=1S/C17H23N3O4S/c1-12-9-14(10-13(11-18)15(12)19)25(22,23)20-16(21)17(24-2)7-5-3-4-6-8-17/h9-10H,3-8,19H2,1-2H3,(H,20,21). The van der Waals surface area contributed by atoms with Crippen LogP contribution in [0.2, 0.25) is 0 Å². The molecule has 1 aromatic rings. The highest BCUT2D eigenvalue weighted by atomic mass is 32.2. The van der Waals surface area contributed by atoms with Gasteiger partial charge in [-0.05, 0) is 37.5 Å². The van der Waals surface area contributed by atoms with Gasteiger partial charge in [-0.3, -0.25) is 4.79 Å². The van der Waals surface area contributed by atoms with E-state index >= 15 is 0 Å². The highest BCUT2D eigenvalue weighted by molar-refractivity contribution is 7.90. The van der Waals surface area contributed by atoms with Crippen LogP contribution in [-0.4, -0.2) is 27.0 Å². The van der Waals surface area contributed by atoms with Gasteiger partial charge in [0.15, 0.2) is 0 Å². The molecule has 0 unspecified atom stereocenters. The third-order valence-corrected chi connectivity index (χ3v) is 6.04. The summed E-state index contributed by atoms with van der Waals surface area (Å²) >= 11 is 0. The van der Waals surface area contributed by atoms with Gasteiger partial charge in [0.1, 0.15) is 11.7 Å². The molecule has 25 heavy (non-hydrogen) atoms. The number of benzene rings is 1. The molecule has 0 aromatic heterocycles. The Morgan fingerprint density at radius 2 is 1.88 bits per heavy atom. The van der Waals surface area contributed by atoms with Gasteiger partial charge in [-0.25, -0.2) is 13.1 Å². The molecular weight excluding hydrogens is 342 g/mol. The summed E-state index contributed by atoms with van der Waals surface area (Å²) in [5.74, 6) is -0.662. The van der Waals surface area contributed by atoms with E-state index in [0.29, 0.717) is 18.4 Å². The first-order valence-corrected chi connectivity index (χ1v) is 9.67. The van der Waals surface area contributed by atoms with Gasteiger partial charge < -0.3 is 10.5 Å². The van der Waals surface area contributed by atoms with E-state index in [4.69, 9.17) is 15.7 Å². The minimum absolute atomic E-state index is 0.0590. The molecular formula is C17H23N3O4S. The second kappa shape index (κ2) is 7.42. The number of ether oxygens (including phenoxy) is 1. The van der Waals surface area contributed by atoms with E-state index in [1.165, 1.54) is 19.2 Å². The second-order valence-electron chi connectivity index (χ2n) is 6.36. The number of hydrogen-bond acceptors (Lipinski definition) is 6. The number of nitrogen functional groups attached to an aromatic ring is 1. The SMILES string of the molecule is COC1(C(=O)NS(=O)(=O)c2cc(C)c(N)c(C#N)c2)CCCCCC1. The van der Waals surface area contributed by atoms with Crippen LogP contribution in [0.25, 0.3) is 0 Å². The Hall–Kier alpha value is -2.11. The summed E-state index contributed by atoms with van der Waals surface area (Å²) in [5, 5.41) is 9.10. The first-order chi connectivity index (χ1) is 11.8. The van der Waals surface area contributed by atoms with Crippen molar-refractivity contribution in [1.82, 2.24) is 4.72 Å². The first-order valence-electron chi connectivity index (χ1n) is 8.18. The molecule has 1 fully saturated rings. The predicted molar refractivity (Wildman–Crippen MR) is 93.1 cm³/mol. The van der Waals surface area contributed by atoms with Crippen molar-refractivity contribution >= 4 is 21.6 Å². The lowest BCUT2D eigenvalue weighted by Gasteiger charge is -2.29. The van der Waals surface area contributed by atoms with Crippen LogP contribution in [0.1, 0.15) is 49.7 Å². The Labute approximate surface area is 148 Å². The van der Waals surface area contributed by atoms with Crippen LogP contribution in [0, 0.1) is 18.3 Å². The molecule has 0 spiro atoms. The van der Waals surface area contributed by atoms with Crippen LogP contribution >= 0.6 is 0 Å². The number of aryl methyl sites for hydroxylation is 1. The van der Waals surface area contributed by atoms with Gasteiger partial charge in [0.2, 0.25) is 0 Å². The number of amides is 1. The van der Waals surface area contributed by atoms with Crippen molar-refractivity contribution in [1.29, 1.82) is 5.26 Å². The van der Waals surface area contributed by atoms with Gasteiger partial charge in [0, 0.05) is 7.11 Å². The number of hydrogen-bond donors (Lipinski definition) is 2. The molecule has 136 valence electrons. The van der Waals surface area contributed by atoms with Gasteiger partial charge in [0.25, 0.3) is 15.9 Å². The fraction of sp³-hybridized carbons (Fsp3) is 0.529.